The number of aromatic carboxylic acids is 1. The molecule has 0 aliphatic rings. The summed E-state index contributed by atoms with van der Waals surface area (Å²) in [6.07, 6.45) is 12.7. The van der Waals surface area contributed by atoms with Gasteiger partial charge in [0.15, 0.2) is 23.2 Å². The molecule has 1 atom stereocenters. The number of hydrogen-bond donors (Lipinski definition) is 1. The van der Waals surface area contributed by atoms with Crippen LogP contribution in [0.25, 0.3) is 22.3 Å². The molecule has 0 heterocycles. The number of carbonyl (C=O) groups is 2. The Balaban J connectivity index is 1.88. The van der Waals surface area contributed by atoms with Gasteiger partial charge in [-0.1, -0.05) is 121 Å². The number of ketones is 1. The van der Waals surface area contributed by atoms with Crippen LogP contribution in [0.2, 0.25) is 0 Å². The molecule has 0 spiro atoms. The second-order valence-electron chi connectivity index (χ2n) is 11.5. The number of carboxylic acids is 1. The van der Waals surface area contributed by atoms with Gasteiger partial charge in [-0.3, -0.25) is 4.79 Å². The summed E-state index contributed by atoms with van der Waals surface area (Å²) in [5.41, 5.74) is 2.00. The molecule has 0 fully saturated rings. The highest BCUT2D eigenvalue weighted by atomic mass is 19.1. The molecule has 0 aliphatic carbocycles. The van der Waals surface area contributed by atoms with Gasteiger partial charge in [0.25, 0.3) is 0 Å². The van der Waals surface area contributed by atoms with E-state index in [2.05, 4.69) is 13.8 Å². The maximum atomic E-state index is 16.1. The van der Waals surface area contributed by atoms with Gasteiger partial charge in [-0.05, 0) is 47.7 Å². The molecule has 1 unspecified atom stereocenters. The summed E-state index contributed by atoms with van der Waals surface area (Å²) in [6.45, 7) is 6.48. The van der Waals surface area contributed by atoms with Crippen LogP contribution < -0.4 is 4.74 Å². The number of ether oxygens (including phenoxy) is 1. The summed E-state index contributed by atoms with van der Waals surface area (Å²) < 4.78 is 37.1. The molecule has 0 saturated carbocycles. The zero-order valence-electron chi connectivity index (χ0n) is 25.9. The minimum atomic E-state index is -1.09. The third kappa shape index (κ3) is 9.74. The van der Waals surface area contributed by atoms with E-state index in [4.69, 9.17) is 4.74 Å². The van der Waals surface area contributed by atoms with Gasteiger partial charge in [0.1, 0.15) is 0 Å². The molecule has 3 rings (SSSR count). The first-order valence-corrected chi connectivity index (χ1v) is 15.9. The van der Waals surface area contributed by atoms with Gasteiger partial charge >= 0.3 is 5.97 Å². The van der Waals surface area contributed by atoms with Gasteiger partial charge in [-0.2, -0.15) is 0 Å². The SMILES string of the molecule is CCCCCCCCOc1c(F)cc(-c2ccc(C(=O)O)cc2)c(-c2ccc(C(=O)C(C)CCCCCCC)cc2)c1F. The summed E-state index contributed by atoms with van der Waals surface area (Å²) in [7, 11) is 0. The standard InChI is InChI=1S/C37H46F2O4/c1-4-6-8-10-12-14-24-43-36-32(38)25-31(27-16-22-30(23-17-27)37(41)42)33(34(36)39)28-18-20-29(21-19-28)35(40)26(3)15-13-11-9-7-5-2/h16-23,25-26H,4-15,24H2,1-3H3,(H,41,42). The second kappa shape index (κ2) is 17.5. The average Bonchev–Trinajstić information content (AvgIpc) is 3.01. The number of carboxylic acid groups (broad SMARTS) is 1. The van der Waals surface area contributed by atoms with Crippen LogP contribution in [0.4, 0.5) is 8.78 Å². The minimum Gasteiger partial charge on any atom is -0.488 e. The Morgan fingerprint density at radius 1 is 0.744 bits per heavy atom. The van der Waals surface area contributed by atoms with Crippen molar-refractivity contribution in [3.63, 3.8) is 0 Å². The molecule has 0 radical (unpaired) electrons. The van der Waals surface area contributed by atoms with Crippen molar-refractivity contribution >= 4 is 11.8 Å². The average molecular weight is 593 g/mol. The van der Waals surface area contributed by atoms with Crippen molar-refractivity contribution in [3.8, 4) is 28.0 Å². The van der Waals surface area contributed by atoms with Gasteiger partial charge in [0, 0.05) is 17.0 Å². The predicted octanol–water partition coefficient (Wildman–Crippen LogP) is 10.9. The van der Waals surface area contributed by atoms with E-state index in [1.165, 1.54) is 56.0 Å². The number of rotatable bonds is 19. The topological polar surface area (TPSA) is 63.6 Å². The Hall–Kier alpha value is -3.54. The van der Waals surface area contributed by atoms with Gasteiger partial charge < -0.3 is 9.84 Å². The monoisotopic (exact) mass is 592 g/mol. The van der Waals surface area contributed by atoms with Gasteiger partial charge in [-0.25, -0.2) is 13.6 Å². The molecule has 1 N–H and O–H groups in total. The maximum absolute atomic E-state index is 16.1. The quantitative estimate of drug-likeness (QED) is 0.111. The van der Waals surface area contributed by atoms with E-state index in [0.29, 0.717) is 23.1 Å². The Labute approximate surface area is 255 Å². The van der Waals surface area contributed by atoms with Gasteiger partial charge in [-0.15, -0.1) is 0 Å². The number of unbranched alkanes of at least 4 members (excludes halogenated alkanes) is 9. The summed E-state index contributed by atoms with van der Waals surface area (Å²) in [5, 5.41) is 9.29. The molecule has 3 aromatic rings. The zero-order chi connectivity index (χ0) is 31.2. The van der Waals surface area contributed by atoms with Crippen LogP contribution in [0.15, 0.2) is 54.6 Å². The molecule has 3 aromatic carbocycles. The van der Waals surface area contributed by atoms with Crippen molar-refractivity contribution in [2.24, 2.45) is 5.92 Å². The first-order chi connectivity index (χ1) is 20.8. The van der Waals surface area contributed by atoms with E-state index in [0.717, 1.165) is 44.9 Å². The number of carbonyl (C=O) groups excluding carboxylic acids is 1. The highest BCUT2D eigenvalue weighted by Crippen LogP contribution is 2.40. The smallest absolute Gasteiger partial charge is 0.335 e. The predicted molar refractivity (Wildman–Crippen MR) is 170 cm³/mol. The van der Waals surface area contributed by atoms with E-state index in [1.807, 2.05) is 6.92 Å². The lowest BCUT2D eigenvalue weighted by Crippen LogP contribution is -2.11. The van der Waals surface area contributed by atoms with E-state index in [1.54, 1.807) is 24.3 Å². The zero-order valence-corrected chi connectivity index (χ0v) is 25.9. The van der Waals surface area contributed by atoms with E-state index in [-0.39, 0.29) is 35.0 Å². The molecule has 0 aromatic heterocycles. The van der Waals surface area contributed by atoms with Crippen LogP contribution in [0.1, 0.15) is 119 Å². The van der Waals surface area contributed by atoms with Crippen LogP contribution in [0, 0.1) is 17.6 Å². The minimum absolute atomic E-state index is 0.0501. The number of benzene rings is 3. The van der Waals surface area contributed by atoms with Crippen LogP contribution in [0.5, 0.6) is 5.75 Å². The maximum Gasteiger partial charge on any atom is 0.335 e. The Morgan fingerprint density at radius 3 is 1.88 bits per heavy atom. The van der Waals surface area contributed by atoms with Gasteiger partial charge in [0.2, 0.25) is 0 Å². The largest absolute Gasteiger partial charge is 0.488 e. The first-order valence-electron chi connectivity index (χ1n) is 15.9. The third-order valence-corrected chi connectivity index (χ3v) is 8.01. The molecule has 0 amide bonds. The molecule has 0 saturated heterocycles. The fourth-order valence-corrected chi connectivity index (χ4v) is 5.36. The molecule has 43 heavy (non-hydrogen) atoms. The van der Waals surface area contributed by atoms with Crippen molar-refractivity contribution in [1.29, 1.82) is 0 Å². The van der Waals surface area contributed by atoms with Crippen LogP contribution in [-0.4, -0.2) is 23.5 Å². The third-order valence-electron chi connectivity index (χ3n) is 8.01. The number of hydrogen-bond acceptors (Lipinski definition) is 3. The van der Waals surface area contributed by atoms with Crippen LogP contribution >= 0.6 is 0 Å². The first kappa shape index (κ1) is 34.0. The molecule has 6 heteroatoms. The summed E-state index contributed by atoms with van der Waals surface area (Å²) in [4.78, 5) is 24.5. The lowest BCUT2D eigenvalue weighted by atomic mass is 9.90. The summed E-state index contributed by atoms with van der Waals surface area (Å²) >= 11 is 0. The Kier molecular flexibility index (Phi) is 13.9. The van der Waals surface area contributed by atoms with Crippen molar-refractivity contribution in [1.82, 2.24) is 0 Å². The lowest BCUT2D eigenvalue weighted by molar-refractivity contribution is 0.0696. The van der Waals surface area contributed by atoms with Gasteiger partial charge in [0.05, 0.1) is 12.2 Å². The molecule has 0 aliphatic heterocycles. The normalized spacial score (nSPS) is 11.8. The van der Waals surface area contributed by atoms with Crippen LogP contribution in [0.3, 0.4) is 0 Å². The van der Waals surface area contributed by atoms with Crippen molar-refractivity contribution in [3.05, 3.63) is 77.4 Å². The highest BCUT2D eigenvalue weighted by Gasteiger charge is 2.23. The van der Waals surface area contributed by atoms with E-state index in [9.17, 15) is 14.7 Å². The van der Waals surface area contributed by atoms with E-state index >= 15 is 8.78 Å². The lowest BCUT2D eigenvalue weighted by Gasteiger charge is -2.17. The summed E-state index contributed by atoms with van der Waals surface area (Å²) in [6, 6.07) is 13.9. The molecular formula is C37H46F2O4. The van der Waals surface area contributed by atoms with Crippen molar-refractivity contribution in [2.45, 2.75) is 97.8 Å². The number of Topliss-reactive ketones (excluding diaryl/α,β-unsaturated/α-hetero) is 1. The Morgan fingerprint density at radius 2 is 1.28 bits per heavy atom. The molecular weight excluding hydrogens is 546 g/mol. The number of halogens is 2. The van der Waals surface area contributed by atoms with E-state index < -0.39 is 23.4 Å². The van der Waals surface area contributed by atoms with Crippen LogP contribution in [-0.2, 0) is 0 Å². The fraction of sp³-hybridized carbons (Fsp3) is 0.459. The fourth-order valence-electron chi connectivity index (χ4n) is 5.36. The second-order valence-corrected chi connectivity index (χ2v) is 11.5. The van der Waals surface area contributed by atoms with Crippen molar-refractivity contribution in [2.75, 3.05) is 6.61 Å². The van der Waals surface area contributed by atoms with Crippen molar-refractivity contribution < 1.29 is 28.2 Å². The highest BCUT2D eigenvalue weighted by molar-refractivity contribution is 5.98. The summed E-state index contributed by atoms with van der Waals surface area (Å²) in [5.74, 6) is -3.20. The Bertz CT molecular complexity index is 1320. The molecule has 0 bridgehead atoms. The molecule has 232 valence electrons. The molecule has 4 nitrogen and oxygen atoms in total.